The summed E-state index contributed by atoms with van der Waals surface area (Å²) < 4.78 is 4.55. The molecule has 0 radical (unpaired) electrons. The van der Waals surface area contributed by atoms with E-state index in [2.05, 4.69) is 15.9 Å². The topological polar surface area (TPSA) is 26.3 Å². The van der Waals surface area contributed by atoms with Gasteiger partial charge in [0.2, 0.25) is 0 Å². The molecule has 0 atom stereocenters. The Labute approximate surface area is 104 Å². The van der Waals surface area contributed by atoms with E-state index in [1.807, 2.05) is 38.1 Å². The van der Waals surface area contributed by atoms with E-state index in [4.69, 9.17) is 4.74 Å². The summed E-state index contributed by atoms with van der Waals surface area (Å²) in [5.41, 5.74) is 0.978. The molecule has 1 rings (SSSR count). The molecule has 0 aliphatic heterocycles. The summed E-state index contributed by atoms with van der Waals surface area (Å²) >= 11 is 3.32. The van der Waals surface area contributed by atoms with Gasteiger partial charge in [-0.2, -0.15) is 0 Å². The van der Waals surface area contributed by atoms with Crippen molar-refractivity contribution < 1.29 is 9.53 Å². The zero-order valence-electron chi connectivity index (χ0n) is 9.66. The summed E-state index contributed by atoms with van der Waals surface area (Å²) in [7, 11) is 1.63. The second-order valence-corrected chi connectivity index (χ2v) is 5.93. The lowest BCUT2D eigenvalue weighted by atomic mass is 10.1. The van der Waals surface area contributed by atoms with Crippen LogP contribution in [0.3, 0.4) is 0 Å². The molecule has 0 aliphatic rings. The van der Waals surface area contributed by atoms with E-state index in [0.717, 1.165) is 11.3 Å². The zero-order chi connectivity index (χ0) is 12.2. The standard InChI is InChI=1S/C13H15BrO2/c1-13(2,14)12(15)9-6-10-4-7-11(16-3)8-5-10/h4-9H,1-3H3/b9-6-. The van der Waals surface area contributed by atoms with Gasteiger partial charge in [0.05, 0.1) is 11.4 Å². The highest BCUT2D eigenvalue weighted by Gasteiger charge is 2.20. The SMILES string of the molecule is COc1ccc(/C=C\C(=O)C(C)(C)Br)cc1. The Morgan fingerprint density at radius 3 is 2.31 bits per heavy atom. The van der Waals surface area contributed by atoms with E-state index in [0.29, 0.717) is 0 Å². The van der Waals surface area contributed by atoms with E-state index in [-0.39, 0.29) is 5.78 Å². The Morgan fingerprint density at radius 1 is 1.31 bits per heavy atom. The van der Waals surface area contributed by atoms with Crippen molar-refractivity contribution in [1.29, 1.82) is 0 Å². The lowest BCUT2D eigenvalue weighted by Crippen LogP contribution is -2.21. The number of ketones is 1. The Hall–Kier alpha value is -1.09. The second-order valence-electron chi connectivity index (χ2n) is 3.94. The van der Waals surface area contributed by atoms with Crippen molar-refractivity contribution in [3.8, 4) is 5.75 Å². The zero-order valence-corrected chi connectivity index (χ0v) is 11.2. The normalized spacial score (nSPS) is 11.8. The molecule has 0 amide bonds. The minimum absolute atomic E-state index is 0.0447. The summed E-state index contributed by atoms with van der Waals surface area (Å²) in [5.74, 6) is 0.854. The third kappa shape index (κ3) is 3.81. The summed E-state index contributed by atoms with van der Waals surface area (Å²) in [6.07, 6.45) is 3.38. The molecule has 0 saturated heterocycles. The van der Waals surface area contributed by atoms with E-state index in [1.165, 1.54) is 0 Å². The predicted octanol–water partition coefficient (Wildman–Crippen LogP) is 3.45. The van der Waals surface area contributed by atoms with Crippen LogP contribution >= 0.6 is 15.9 Å². The third-order valence-corrected chi connectivity index (χ3v) is 2.52. The maximum Gasteiger partial charge on any atom is 0.171 e. The van der Waals surface area contributed by atoms with Crippen LogP contribution in [0.2, 0.25) is 0 Å². The van der Waals surface area contributed by atoms with Gasteiger partial charge >= 0.3 is 0 Å². The second kappa shape index (κ2) is 5.30. The van der Waals surface area contributed by atoms with Crippen LogP contribution in [0, 0.1) is 0 Å². The molecule has 0 spiro atoms. The van der Waals surface area contributed by atoms with Crippen molar-refractivity contribution in [2.24, 2.45) is 0 Å². The van der Waals surface area contributed by atoms with Crippen molar-refractivity contribution in [1.82, 2.24) is 0 Å². The molecule has 2 nitrogen and oxygen atoms in total. The van der Waals surface area contributed by atoms with Gasteiger partial charge in [-0.05, 0) is 37.6 Å². The van der Waals surface area contributed by atoms with Gasteiger partial charge in [-0.3, -0.25) is 4.79 Å². The smallest absolute Gasteiger partial charge is 0.171 e. The first-order valence-corrected chi connectivity index (χ1v) is 5.78. The highest BCUT2D eigenvalue weighted by atomic mass is 79.9. The van der Waals surface area contributed by atoms with Crippen LogP contribution < -0.4 is 4.74 Å². The van der Waals surface area contributed by atoms with Gasteiger partial charge in [-0.15, -0.1) is 0 Å². The lowest BCUT2D eigenvalue weighted by Gasteiger charge is -2.10. The summed E-state index contributed by atoms with van der Waals surface area (Å²) in [6.45, 7) is 3.65. The molecule has 1 aromatic rings. The van der Waals surface area contributed by atoms with E-state index < -0.39 is 4.32 Å². The van der Waals surface area contributed by atoms with Crippen molar-refractivity contribution >= 4 is 27.8 Å². The third-order valence-electron chi connectivity index (χ3n) is 2.13. The average molecular weight is 283 g/mol. The number of hydrogen-bond acceptors (Lipinski definition) is 2. The van der Waals surface area contributed by atoms with Crippen LogP contribution in [-0.2, 0) is 4.79 Å². The molecule has 16 heavy (non-hydrogen) atoms. The molecule has 0 N–H and O–H groups in total. The number of carbonyl (C=O) groups excluding carboxylic acids is 1. The summed E-state index contributed by atoms with van der Waals surface area (Å²) in [4.78, 5) is 11.6. The van der Waals surface area contributed by atoms with Crippen LogP contribution in [0.5, 0.6) is 5.75 Å². The van der Waals surface area contributed by atoms with Crippen molar-refractivity contribution in [3.63, 3.8) is 0 Å². The monoisotopic (exact) mass is 282 g/mol. The van der Waals surface area contributed by atoms with Gasteiger partial charge in [-0.25, -0.2) is 0 Å². The Balaban J connectivity index is 2.73. The lowest BCUT2D eigenvalue weighted by molar-refractivity contribution is -0.115. The largest absolute Gasteiger partial charge is 0.497 e. The predicted molar refractivity (Wildman–Crippen MR) is 70.0 cm³/mol. The molecule has 0 saturated carbocycles. The minimum atomic E-state index is -0.504. The minimum Gasteiger partial charge on any atom is -0.497 e. The molecule has 86 valence electrons. The van der Waals surface area contributed by atoms with Gasteiger partial charge in [0, 0.05) is 0 Å². The van der Waals surface area contributed by atoms with E-state index in [1.54, 1.807) is 19.3 Å². The fraction of sp³-hybridized carbons (Fsp3) is 0.308. The fourth-order valence-corrected chi connectivity index (χ4v) is 1.22. The van der Waals surface area contributed by atoms with Crippen molar-refractivity contribution in [2.45, 2.75) is 18.2 Å². The van der Waals surface area contributed by atoms with Crippen LogP contribution in [0.1, 0.15) is 19.4 Å². The van der Waals surface area contributed by atoms with Gasteiger partial charge < -0.3 is 4.74 Å². The maximum absolute atomic E-state index is 11.6. The van der Waals surface area contributed by atoms with Crippen LogP contribution in [0.15, 0.2) is 30.3 Å². The molecule has 0 heterocycles. The number of benzene rings is 1. The number of halogens is 1. The van der Waals surface area contributed by atoms with Gasteiger partial charge in [-0.1, -0.05) is 34.1 Å². The molecule has 1 aromatic carbocycles. The number of carbonyl (C=O) groups is 1. The van der Waals surface area contributed by atoms with Gasteiger partial charge in [0.15, 0.2) is 5.78 Å². The molecule has 0 bridgehead atoms. The molecule has 3 heteroatoms. The number of methoxy groups -OCH3 is 1. The number of hydrogen-bond donors (Lipinski definition) is 0. The number of allylic oxidation sites excluding steroid dienone is 1. The molecule has 0 unspecified atom stereocenters. The first kappa shape index (κ1) is 13.0. The summed E-state index contributed by atoms with van der Waals surface area (Å²) in [5, 5.41) is 0. The van der Waals surface area contributed by atoms with Crippen LogP contribution in [0.25, 0.3) is 6.08 Å². The first-order valence-electron chi connectivity index (χ1n) is 4.99. The quantitative estimate of drug-likeness (QED) is 0.625. The molecular weight excluding hydrogens is 268 g/mol. The fourth-order valence-electron chi connectivity index (χ4n) is 1.09. The molecule has 0 fully saturated rings. The van der Waals surface area contributed by atoms with Gasteiger partial charge in [0.25, 0.3) is 0 Å². The van der Waals surface area contributed by atoms with Crippen molar-refractivity contribution in [2.75, 3.05) is 7.11 Å². The summed E-state index contributed by atoms with van der Waals surface area (Å²) in [6, 6.07) is 7.54. The average Bonchev–Trinajstić information content (AvgIpc) is 2.25. The molecular formula is C13H15BrO2. The Morgan fingerprint density at radius 2 is 1.88 bits per heavy atom. The molecule has 0 aromatic heterocycles. The number of ether oxygens (including phenoxy) is 1. The van der Waals surface area contributed by atoms with Crippen LogP contribution in [0.4, 0.5) is 0 Å². The Bertz CT molecular complexity index is 385. The van der Waals surface area contributed by atoms with Gasteiger partial charge in [0.1, 0.15) is 5.75 Å². The highest BCUT2D eigenvalue weighted by molar-refractivity contribution is 9.10. The first-order chi connectivity index (χ1) is 7.43. The number of rotatable bonds is 4. The van der Waals surface area contributed by atoms with E-state index in [9.17, 15) is 4.79 Å². The van der Waals surface area contributed by atoms with Crippen LogP contribution in [-0.4, -0.2) is 17.2 Å². The highest BCUT2D eigenvalue weighted by Crippen LogP contribution is 2.18. The Kier molecular flexibility index (Phi) is 4.30. The maximum atomic E-state index is 11.6. The molecule has 0 aliphatic carbocycles. The number of alkyl halides is 1. The van der Waals surface area contributed by atoms with E-state index >= 15 is 0 Å². The van der Waals surface area contributed by atoms with Crippen molar-refractivity contribution in [3.05, 3.63) is 35.9 Å².